The normalized spacial score (nSPS) is 21.6. The molecule has 4 rings (SSSR count). The Morgan fingerprint density at radius 3 is 2.56 bits per heavy atom. The van der Waals surface area contributed by atoms with Crippen LogP contribution in [0.15, 0.2) is 42.5 Å². The molecule has 1 N–H and O–H groups in total. The number of benzene rings is 2. The molecule has 1 atom stereocenters. The molecular weight excluding hydrogens is 314 g/mol. The zero-order valence-corrected chi connectivity index (χ0v) is 14.3. The van der Waals surface area contributed by atoms with Gasteiger partial charge in [-0.15, -0.1) is 0 Å². The highest BCUT2D eigenvalue weighted by Gasteiger charge is 2.45. The van der Waals surface area contributed by atoms with Crippen LogP contribution in [0.2, 0.25) is 0 Å². The van der Waals surface area contributed by atoms with E-state index in [4.69, 9.17) is 0 Å². The summed E-state index contributed by atoms with van der Waals surface area (Å²) in [6.07, 6.45) is 2.54. The third-order valence-electron chi connectivity index (χ3n) is 5.64. The molecule has 1 saturated heterocycles. The van der Waals surface area contributed by atoms with Gasteiger partial charge in [-0.05, 0) is 60.9 Å². The van der Waals surface area contributed by atoms with E-state index in [-0.39, 0.29) is 11.3 Å². The van der Waals surface area contributed by atoms with Crippen LogP contribution in [-0.2, 0) is 12.8 Å². The number of aryl methyl sites for hydroxylation is 1. The van der Waals surface area contributed by atoms with E-state index in [0.29, 0.717) is 12.1 Å². The Balaban J connectivity index is 1.55. The molecule has 0 saturated carbocycles. The van der Waals surface area contributed by atoms with Crippen LogP contribution < -0.4 is 0 Å². The van der Waals surface area contributed by atoms with Crippen molar-refractivity contribution >= 4 is 11.9 Å². The van der Waals surface area contributed by atoms with E-state index in [0.717, 1.165) is 48.1 Å². The average molecular weight is 335 g/mol. The first-order valence-corrected chi connectivity index (χ1v) is 8.67. The maximum atomic E-state index is 12.8. The molecule has 2 aliphatic rings. The van der Waals surface area contributed by atoms with Gasteiger partial charge in [-0.3, -0.25) is 4.79 Å². The summed E-state index contributed by atoms with van der Waals surface area (Å²) >= 11 is 0. The number of hydrogen-bond acceptors (Lipinski definition) is 2. The quantitative estimate of drug-likeness (QED) is 0.916. The van der Waals surface area contributed by atoms with Crippen molar-refractivity contribution in [2.24, 2.45) is 5.41 Å². The van der Waals surface area contributed by atoms with E-state index in [1.807, 2.05) is 48.2 Å². The number of aromatic carboxylic acids is 1. The second-order valence-electron chi connectivity index (χ2n) is 7.44. The van der Waals surface area contributed by atoms with Gasteiger partial charge in [-0.1, -0.05) is 29.8 Å². The number of amides is 1. The number of carboxylic acid groups (broad SMARTS) is 1. The van der Waals surface area contributed by atoms with Crippen LogP contribution in [0.1, 0.15) is 43.8 Å². The lowest BCUT2D eigenvalue weighted by molar-refractivity contribution is 0.0693. The third kappa shape index (κ3) is 2.72. The van der Waals surface area contributed by atoms with E-state index >= 15 is 0 Å². The minimum Gasteiger partial charge on any atom is -0.478 e. The van der Waals surface area contributed by atoms with Gasteiger partial charge in [0.15, 0.2) is 0 Å². The maximum Gasteiger partial charge on any atom is 0.335 e. The summed E-state index contributed by atoms with van der Waals surface area (Å²) in [5.41, 5.74) is 4.36. The van der Waals surface area contributed by atoms with Crippen LogP contribution in [-0.4, -0.2) is 35.0 Å². The van der Waals surface area contributed by atoms with Crippen LogP contribution in [0.5, 0.6) is 0 Å². The number of fused-ring (bicyclic) bond motifs is 1. The van der Waals surface area contributed by atoms with Crippen LogP contribution >= 0.6 is 0 Å². The second-order valence-corrected chi connectivity index (χ2v) is 7.44. The number of hydrogen-bond donors (Lipinski definition) is 1. The van der Waals surface area contributed by atoms with Gasteiger partial charge in [0.05, 0.1) is 5.56 Å². The zero-order valence-electron chi connectivity index (χ0n) is 14.3. The largest absolute Gasteiger partial charge is 0.478 e. The smallest absolute Gasteiger partial charge is 0.335 e. The minimum atomic E-state index is -0.862. The number of carbonyl (C=O) groups excluding carboxylic acids is 1. The molecule has 0 aromatic heterocycles. The summed E-state index contributed by atoms with van der Waals surface area (Å²) in [6.45, 7) is 3.45. The Morgan fingerprint density at radius 1 is 1.08 bits per heavy atom. The standard InChI is InChI=1S/C21H21NO3/c1-14-5-7-15(8-6-14)19(23)22-10-9-21(13-22)11-16-3-2-4-17(20(24)25)18(16)12-21/h2-8H,9-13H2,1H3,(H,24,25). The average Bonchev–Trinajstić information content (AvgIpc) is 3.17. The number of carboxylic acids is 1. The summed E-state index contributed by atoms with van der Waals surface area (Å²) in [4.78, 5) is 26.2. The molecule has 1 aliphatic carbocycles. The van der Waals surface area contributed by atoms with Crippen molar-refractivity contribution in [2.45, 2.75) is 26.2 Å². The molecule has 1 amide bonds. The first-order chi connectivity index (χ1) is 12.0. The molecule has 4 heteroatoms. The molecule has 1 spiro atoms. The van der Waals surface area contributed by atoms with Gasteiger partial charge in [0.25, 0.3) is 5.91 Å². The van der Waals surface area contributed by atoms with Gasteiger partial charge in [-0.25, -0.2) is 4.79 Å². The molecule has 1 fully saturated rings. The SMILES string of the molecule is Cc1ccc(C(=O)N2CCC3(Cc4cccc(C(=O)O)c4C3)C2)cc1. The predicted octanol–water partition coefficient (Wildman–Crippen LogP) is 3.32. The summed E-state index contributed by atoms with van der Waals surface area (Å²) < 4.78 is 0. The van der Waals surface area contributed by atoms with Gasteiger partial charge in [-0.2, -0.15) is 0 Å². The molecule has 1 heterocycles. The lowest BCUT2D eigenvalue weighted by atomic mass is 9.84. The zero-order chi connectivity index (χ0) is 17.6. The molecular formula is C21H21NO3. The highest BCUT2D eigenvalue weighted by atomic mass is 16.4. The second kappa shape index (κ2) is 5.73. The lowest BCUT2D eigenvalue weighted by Crippen LogP contribution is -2.32. The summed E-state index contributed by atoms with van der Waals surface area (Å²) in [5.74, 6) is -0.786. The first kappa shape index (κ1) is 15.9. The molecule has 4 nitrogen and oxygen atoms in total. The van der Waals surface area contributed by atoms with E-state index in [1.54, 1.807) is 6.07 Å². The molecule has 2 aromatic carbocycles. The molecule has 1 aliphatic heterocycles. The Bertz CT molecular complexity index is 856. The summed E-state index contributed by atoms with van der Waals surface area (Å²) in [7, 11) is 0. The fourth-order valence-electron chi connectivity index (χ4n) is 4.33. The van der Waals surface area contributed by atoms with Crippen LogP contribution in [0, 0.1) is 12.3 Å². The summed E-state index contributed by atoms with van der Waals surface area (Å²) in [6, 6.07) is 13.2. The van der Waals surface area contributed by atoms with Crippen LogP contribution in [0.25, 0.3) is 0 Å². The number of likely N-dealkylation sites (tertiary alicyclic amines) is 1. The molecule has 128 valence electrons. The Hall–Kier alpha value is -2.62. The Labute approximate surface area is 147 Å². The predicted molar refractivity (Wildman–Crippen MR) is 94.9 cm³/mol. The highest BCUT2D eigenvalue weighted by molar-refractivity contribution is 5.94. The lowest BCUT2D eigenvalue weighted by Gasteiger charge is -2.24. The summed E-state index contributed by atoms with van der Waals surface area (Å²) in [5, 5.41) is 9.43. The van der Waals surface area contributed by atoms with Crippen LogP contribution in [0.3, 0.4) is 0 Å². The molecule has 1 unspecified atom stereocenters. The molecule has 0 bridgehead atoms. The minimum absolute atomic E-state index is 0.00571. The third-order valence-corrected chi connectivity index (χ3v) is 5.64. The van der Waals surface area contributed by atoms with Gasteiger partial charge in [0, 0.05) is 18.7 Å². The molecule has 25 heavy (non-hydrogen) atoms. The highest BCUT2D eigenvalue weighted by Crippen LogP contribution is 2.45. The van der Waals surface area contributed by atoms with Gasteiger partial charge < -0.3 is 10.0 Å². The van der Waals surface area contributed by atoms with Gasteiger partial charge >= 0.3 is 5.97 Å². The van der Waals surface area contributed by atoms with Gasteiger partial charge in [0.1, 0.15) is 0 Å². The van der Waals surface area contributed by atoms with Crippen molar-refractivity contribution < 1.29 is 14.7 Å². The van der Waals surface area contributed by atoms with Gasteiger partial charge in [0.2, 0.25) is 0 Å². The number of carbonyl (C=O) groups is 2. The topological polar surface area (TPSA) is 57.6 Å². The maximum absolute atomic E-state index is 12.8. The fourth-order valence-corrected chi connectivity index (χ4v) is 4.33. The van der Waals surface area contributed by atoms with E-state index in [2.05, 4.69) is 0 Å². The van der Waals surface area contributed by atoms with E-state index < -0.39 is 5.97 Å². The van der Waals surface area contributed by atoms with Crippen molar-refractivity contribution in [3.8, 4) is 0 Å². The first-order valence-electron chi connectivity index (χ1n) is 8.67. The van der Waals surface area contributed by atoms with Crippen molar-refractivity contribution in [1.82, 2.24) is 4.90 Å². The van der Waals surface area contributed by atoms with Crippen LogP contribution in [0.4, 0.5) is 0 Å². The monoisotopic (exact) mass is 335 g/mol. The van der Waals surface area contributed by atoms with Crippen molar-refractivity contribution in [1.29, 1.82) is 0 Å². The fraction of sp³-hybridized carbons (Fsp3) is 0.333. The van der Waals surface area contributed by atoms with E-state index in [1.165, 1.54) is 0 Å². The number of rotatable bonds is 2. The van der Waals surface area contributed by atoms with Crippen molar-refractivity contribution in [3.63, 3.8) is 0 Å². The number of nitrogens with zero attached hydrogens (tertiary/aromatic N) is 1. The molecule has 0 radical (unpaired) electrons. The Morgan fingerprint density at radius 2 is 1.84 bits per heavy atom. The van der Waals surface area contributed by atoms with Crippen molar-refractivity contribution in [2.75, 3.05) is 13.1 Å². The van der Waals surface area contributed by atoms with Crippen molar-refractivity contribution in [3.05, 3.63) is 70.3 Å². The molecule has 2 aromatic rings. The van der Waals surface area contributed by atoms with E-state index in [9.17, 15) is 14.7 Å². The Kier molecular flexibility index (Phi) is 3.64.